The second-order valence-corrected chi connectivity index (χ2v) is 10.9. The van der Waals surface area contributed by atoms with Gasteiger partial charge in [0.05, 0.1) is 5.02 Å². The standard InChI is InChI=1S/C25H26ClF3N8O2/c1-13-4-6-14(7-5-13)12-37-19-18(15-9-16(26)11-30-10-15)31-21(22-34-35-24(38)39-22)32-20(19)33-23(37)36-8-2-3-17(36)25(27,28)29/h9-11,13-14,17H,2-8,12H2,1H3,(H,35,38)/t13-,14-,17-/m0/s1. The molecule has 4 aromatic heterocycles. The highest BCUT2D eigenvalue weighted by Crippen LogP contribution is 2.40. The van der Waals surface area contributed by atoms with Crippen LogP contribution in [0.25, 0.3) is 34.1 Å². The number of H-pyrrole nitrogens is 1. The lowest BCUT2D eigenvalue weighted by molar-refractivity contribution is -0.146. The van der Waals surface area contributed by atoms with Crippen LogP contribution in [0.3, 0.4) is 0 Å². The van der Waals surface area contributed by atoms with E-state index >= 15 is 0 Å². The molecule has 0 unspecified atom stereocenters. The number of fused-ring (bicyclic) bond motifs is 1. The number of rotatable bonds is 5. The highest BCUT2D eigenvalue weighted by molar-refractivity contribution is 6.30. The third kappa shape index (κ3) is 4.99. The van der Waals surface area contributed by atoms with E-state index in [1.807, 2.05) is 4.57 Å². The van der Waals surface area contributed by atoms with Gasteiger partial charge in [-0.15, -0.1) is 5.10 Å². The van der Waals surface area contributed by atoms with E-state index in [1.54, 1.807) is 12.3 Å². The summed E-state index contributed by atoms with van der Waals surface area (Å²) < 4.78 is 49.1. The number of imidazole rings is 1. The molecule has 0 bridgehead atoms. The molecule has 6 rings (SSSR count). The second-order valence-electron chi connectivity index (χ2n) is 10.4. The molecule has 1 aliphatic heterocycles. The molecular weight excluding hydrogens is 537 g/mol. The maximum absolute atomic E-state index is 14.1. The van der Waals surface area contributed by atoms with Crippen LogP contribution in [0.5, 0.6) is 0 Å². The second kappa shape index (κ2) is 9.92. The summed E-state index contributed by atoms with van der Waals surface area (Å²) in [4.78, 5) is 31.0. The Morgan fingerprint density at radius 3 is 2.62 bits per heavy atom. The Morgan fingerprint density at radius 1 is 1.13 bits per heavy atom. The number of nitrogens with one attached hydrogen (secondary N) is 1. The molecule has 206 valence electrons. The van der Waals surface area contributed by atoms with Gasteiger partial charge >= 0.3 is 11.9 Å². The van der Waals surface area contributed by atoms with E-state index in [-0.39, 0.29) is 42.2 Å². The fourth-order valence-corrected chi connectivity index (χ4v) is 5.87. The van der Waals surface area contributed by atoms with E-state index in [0.29, 0.717) is 40.7 Å². The highest BCUT2D eigenvalue weighted by Gasteiger charge is 2.47. The van der Waals surface area contributed by atoms with Gasteiger partial charge in [0.15, 0.2) is 5.65 Å². The Hall–Kier alpha value is -3.48. The fourth-order valence-electron chi connectivity index (χ4n) is 5.70. The van der Waals surface area contributed by atoms with Gasteiger partial charge in [-0.1, -0.05) is 31.4 Å². The zero-order valence-electron chi connectivity index (χ0n) is 21.1. The van der Waals surface area contributed by atoms with Gasteiger partial charge in [-0.05, 0) is 43.6 Å². The number of alkyl halides is 3. The van der Waals surface area contributed by atoms with Crippen LogP contribution in [-0.2, 0) is 6.54 Å². The van der Waals surface area contributed by atoms with Gasteiger partial charge in [0.25, 0.3) is 5.89 Å². The van der Waals surface area contributed by atoms with Gasteiger partial charge in [-0.25, -0.2) is 19.9 Å². The third-order valence-electron chi connectivity index (χ3n) is 7.65. The fraction of sp³-hybridized carbons (Fsp3) is 0.520. The highest BCUT2D eigenvalue weighted by atomic mass is 35.5. The van der Waals surface area contributed by atoms with Crippen molar-refractivity contribution in [2.24, 2.45) is 11.8 Å². The molecule has 1 saturated heterocycles. The first kappa shape index (κ1) is 25.8. The van der Waals surface area contributed by atoms with Crippen molar-refractivity contribution in [3.63, 3.8) is 0 Å². The number of hydrogen-bond donors (Lipinski definition) is 1. The van der Waals surface area contributed by atoms with Crippen molar-refractivity contribution < 1.29 is 17.6 Å². The summed E-state index contributed by atoms with van der Waals surface area (Å²) in [5, 5.41) is 6.37. The molecule has 1 aliphatic carbocycles. The van der Waals surface area contributed by atoms with E-state index < -0.39 is 18.0 Å². The van der Waals surface area contributed by atoms with Crippen LogP contribution >= 0.6 is 11.6 Å². The van der Waals surface area contributed by atoms with E-state index in [2.05, 4.69) is 37.1 Å². The largest absolute Gasteiger partial charge is 0.434 e. The van der Waals surface area contributed by atoms with Crippen LogP contribution in [0.1, 0.15) is 45.4 Å². The number of hydrogen-bond acceptors (Lipinski definition) is 8. The Bertz CT molecular complexity index is 1560. The zero-order chi connectivity index (χ0) is 27.3. The minimum absolute atomic E-state index is 0.00588. The molecule has 0 amide bonds. The molecule has 10 nitrogen and oxygen atoms in total. The van der Waals surface area contributed by atoms with Gasteiger partial charge in [-0.2, -0.15) is 18.2 Å². The Morgan fingerprint density at radius 2 is 1.92 bits per heavy atom. The summed E-state index contributed by atoms with van der Waals surface area (Å²) in [7, 11) is 0. The van der Waals surface area contributed by atoms with Crippen LogP contribution in [0, 0.1) is 11.8 Å². The van der Waals surface area contributed by atoms with Gasteiger partial charge in [-0.3, -0.25) is 4.98 Å². The van der Waals surface area contributed by atoms with Crippen LogP contribution in [0.15, 0.2) is 27.7 Å². The van der Waals surface area contributed by atoms with Crippen molar-refractivity contribution in [3.05, 3.63) is 34.0 Å². The van der Waals surface area contributed by atoms with Crippen molar-refractivity contribution in [3.8, 4) is 23.0 Å². The summed E-state index contributed by atoms with van der Waals surface area (Å²) >= 11 is 6.25. The molecule has 2 fully saturated rings. The summed E-state index contributed by atoms with van der Waals surface area (Å²) in [6.07, 6.45) is 3.07. The molecule has 1 saturated carbocycles. The predicted molar refractivity (Wildman–Crippen MR) is 137 cm³/mol. The molecule has 14 heteroatoms. The number of aromatic nitrogens is 7. The quantitative estimate of drug-likeness (QED) is 0.351. The van der Waals surface area contributed by atoms with E-state index in [9.17, 15) is 18.0 Å². The normalized spacial score (nSPS) is 22.2. The minimum Gasteiger partial charge on any atom is -0.384 e. The molecular formula is C25H26ClF3N8O2. The predicted octanol–water partition coefficient (Wildman–Crippen LogP) is 5.24. The number of anilines is 1. The smallest absolute Gasteiger partial charge is 0.384 e. The molecule has 1 atom stereocenters. The van der Waals surface area contributed by atoms with Gasteiger partial charge in [0, 0.05) is 31.0 Å². The molecule has 0 radical (unpaired) electrons. The minimum atomic E-state index is -4.41. The van der Waals surface area contributed by atoms with Crippen LogP contribution in [0.2, 0.25) is 5.02 Å². The topological polar surface area (TPSA) is 119 Å². The molecule has 2 aliphatic rings. The first-order valence-electron chi connectivity index (χ1n) is 13.0. The lowest BCUT2D eigenvalue weighted by Gasteiger charge is -2.31. The molecule has 1 N–H and O–H groups in total. The average Bonchev–Trinajstić information content (AvgIpc) is 3.63. The average molecular weight is 563 g/mol. The van der Waals surface area contributed by atoms with E-state index in [4.69, 9.17) is 16.0 Å². The van der Waals surface area contributed by atoms with Crippen molar-refractivity contribution in [1.82, 2.24) is 34.7 Å². The Kier molecular flexibility index (Phi) is 6.56. The van der Waals surface area contributed by atoms with Gasteiger partial charge in [0.2, 0.25) is 11.8 Å². The molecule has 5 heterocycles. The molecule has 39 heavy (non-hydrogen) atoms. The van der Waals surface area contributed by atoms with Crippen LogP contribution < -0.4 is 10.7 Å². The number of pyridine rings is 1. The monoisotopic (exact) mass is 562 g/mol. The van der Waals surface area contributed by atoms with Crippen molar-refractivity contribution in [1.29, 1.82) is 0 Å². The van der Waals surface area contributed by atoms with E-state index in [1.165, 1.54) is 11.1 Å². The zero-order valence-corrected chi connectivity index (χ0v) is 21.8. The van der Waals surface area contributed by atoms with E-state index in [0.717, 1.165) is 25.7 Å². The Balaban J connectivity index is 1.59. The Labute approximate surface area is 225 Å². The van der Waals surface area contributed by atoms with Gasteiger partial charge < -0.3 is 13.9 Å². The van der Waals surface area contributed by atoms with Crippen molar-refractivity contribution in [2.75, 3.05) is 11.4 Å². The molecule has 4 aromatic rings. The summed E-state index contributed by atoms with van der Waals surface area (Å²) in [5.41, 5.74) is 1.53. The maximum atomic E-state index is 14.1. The first-order chi connectivity index (χ1) is 18.7. The third-order valence-corrected chi connectivity index (χ3v) is 7.86. The molecule has 0 aromatic carbocycles. The SMILES string of the molecule is C[C@H]1CC[C@H](Cn2c(N3CCC[C@H]3C(F)(F)F)nc3nc(-c4n[nH]c(=O)o4)nc(-c4cncc(Cl)c4)c32)CC1. The van der Waals surface area contributed by atoms with Crippen LogP contribution in [0.4, 0.5) is 19.1 Å². The first-order valence-corrected chi connectivity index (χ1v) is 13.3. The lowest BCUT2D eigenvalue weighted by Crippen LogP contribution is -2.42. The lowest BCUT2D eigenvalue weighted by atomic mass is 9.83. The summed E-state index contributed by atoms with van der Waals surface area (Å²) in [6, 6.07) is 0.0154. The number of aromatic amines is 1. The number of nitrogens with zero attached hydrogens (tertiary/aromatic N) is 7. The summed E-state index contributed by atoms with van der Waals surface area (Å²) in [6.45, 7) is 2.91. The summed E-state index contributed by atoms with van der Waals surface area (Å²) in [5.74, 6) is 0.101. The van der Waals surface area contributed by atoms with Crippen molar-refractivity contribution in [2.45, 2.75) is 64.2 Å². The van der Waals surface area contributed by atoms with Crippen molar-refractivity contribution >= 4 is 28.7 Å². The maximum Gasteiger partial charge on any atom is 0.434 e. The van der Waals surface area contributed by atoms with Gasteiger partial charge in [0.1, 0.15) is 17.3 Å². The van der Waals surface area contributed by atoms with Crippen LogP contribution in [-0.4, -0.2) is 53.5 Å². The molecule has 0 spiro atoms. The number of halogens is 4.